The summed E-state index contributed by atoms with van der Waals surface area (Å²) >= 11 is 3.07. The van der Waals surface area contributed by atoms with E-state index >= 15 is 0 Å². The highest BCUT2D eigenvalue weighted by molar-refractivity contribution is 8.19. The van der Waals surface area contributed by atoms with Gasteiger partial charge in [-0.25, -0.2) is 4.99 Å². The van der Waals surface area contributed by atoms with Crippen LogP contribution in [-0.4, -0.2) is 23.0 Å². The molecule has 0 aromatic heterocycles. The molecule has 4 aromatic carbocycles. The summed E-state index contributed by atoms with van der Waals surface area (Å²) in [5.74, 6) is 0.751. The lowest BCUT2D eigenvalue weighted by molar-refractivity contribution is -0.122. The van der Waals surface area contributed by atoms with E-state index in [0.717, 1.165) is 38.2 Å². The maximum absolute atomic E-state index is 13.8. The molecule has 6 rings (SSSR count). The number of carbonyl (C=O) groups is 1. The largest absolute Gasteiger partial charge is 0.489 e. The summed E-state index contributed by atoms with van der Waals surface area (Å²) in [6, 6.07) is 36.0. The first kappa shape index (κ1) is 24.4. The first-order chi connectivity index (χ1) is 18.7. The van der Waals surface area contributed by atoms with Gasteiger partial charge in [0.2, 0.25) is 0 Å². The molecule has 2 aliphatic rings. The van der Waals surface area contributed by atoms with E-state index in [1.165, 1.54) is 11.8 Å². The first-order valence-electron chi connectivity index (χ1n) is 12.3. The number of thioether (sulfide) groups is 2. The zero-order chi connectivity index (χ0) is 25.9. The molecule has 0 atom stereocenters. The lowest BCUT2D eigenvalue weighted by Gasteiger charge is -2.17. The van der Waals surface area contributed by atoms with Crippen LogP contribution in [0.3, 0.4) is 0 Å². The first-order valence-corrected chi connectivity index (χ1v) is 13.9. The highest BCUT2D eigenvalue weighted by Crippen LogP contribution is 2.50. The third kappa shape index (κ3) is 5.08. The molecule has 2 aliphatic heterocycles. The maximum Gasteiger partial charge on any atom is 0.269 e. The molecule has 0 unspecified atom stereocenters. The Morgan fingerprint density at radius 3 is 2.13 bits per heavy atom. The molecule has 7 heteroatoms. The Kier molecular flexibility index (Phi) is 6.94. The van der Waals surface area contributed by atoms with E-state index in [0.29, 0.717) is 23.2 Å². The van der Waals surface area contributed by atoms with E-state index in [-0.39, 0.29) is 5.91 Å². The van der Waals surface area contributed by atoms with Crippen molar-refractivity contribution in [2.75, 3.05) is 11.9 Å². The van der Waals surface area contributed by atoms with Gasteiger partial charge >= 0.3 is 0 Å². The third-order valence-corrected chi connectivity index (χ3v) is 8.72. The van der Waals surface area contributed by atoms with Crippen LogP contribution in [0.4, 0.5) is 11.4 Å². The number of aliphatic imine (C=N–C) groups is 1. The van der Waals surface area contributed by atoms with Crippen molar-refractivity contribution in [3.05, 3.63) is 130 Å². The van der Waals surface area contributed by atoms with Gasteiger partial charge in [0.05, 0.1) is 22.9 Å². The zero-order valence-corrected chi connectivity index (χ0v) is 22.4. The molecular weight excluding hydrogens is 510 g/mol. The van der Waals surface area contributed by atoms with Gasteiger partial charge in [-0.3, -0.25) is 9.69 Å². The second-order valence-electron chi connectivity index (χ2n) is 8.90. The van der Waals surface area contributed by atoms with E-state index in [9.17, 15) is 4.79 Å². The molecule has 38 heavy (non-hydrogen) atoms. The van der Waals surface area contributed by atoms with Gasteiger partial charge in [0.1, 0.15) is 17.3 Å². The van der Waals surface area contributed by atoms with Crippen LogP contribution < -0.4 is 9.64 Å². The Hall–Kier alpha value is -3.94. The second kappa shape index (κ2) is 10.8. The second-order valence-corrected chi connectivity index (χ2v) is 10.9. The number of ether oxygens (including phenoxy) is 1. The molecule has 0 aliphatic carbocycles. The third-order valence-electron chi connectivity index (χ3n) is 6.29. The van der Waals surface area contributed by atoms with E-state index in [1.54, 1.807) is 16.7 Å². The molecule has 0 bridgehead atoms. The number of fused-ring (bicyclic) bond motifs is 1. The molecule has 0 N–H and O–H groups in total. The number of amidine groups is 1. The fraction of sp³-hybridized carbons (Fsp3) is 0.0968. The van der Waals surface area contributed by atoms with Crippen molar-refractivity contribution in [1.82, 2.24) is 4.90 Å². The molecule has 0 radical (unpaired) electrons. The number of hydrogen-bond acceptors (Lipinski definition) is 6. The summed E-state index contributed by atoms with van der Waals surface area (Å²) in [7, 11) is 2.01. The number of para-hydroxylation sites is 1. The van der Waals surface area contributed by atoms with Crippen molar-refractivity contribution in [2.24, 2.45) is 4.99 Å². The fourth-order valence-electron chi connectivity index (χ4n) is 4.29. The van der Waals surface area contributed by atoms with Crippen molar-refractivity contribution < 1.29 is 9.53 Å². The molecular formula is C31H25N3O2S2. The van der Waals surface area contributed by atoms with Crippen molar-refractivity contribution >= 4 is 46.0 Å². The minimum absolute atomic E-state index is 0.0254. The van der Waals surface area contributed by atoms with Gasteiger partial charge in [0, 0.05) is 11.9 Å². The molecule has 188 valence electrons. The maximum atomic E-state index is 13.8. The summed E-state index contributed by atoms with van der Waals surface area (Å²) < 4.78 is 5.93. The SMILES string of the molecule is CN1/C(=C2/SC(=Nc3ccc(OCc4ccccc4)cc3)N(Cc3ccccc3)C2=O)Sc2ccccc21. The zero-order valence-electron chi connectivity index (χ0n) is 20.8. The Balaban J connectivity index is 1.28. The lowest BCUT2D eigenvalue weighted by atomic mass is 10.2. The van der Waals surface area contributed by atoms with Crippen LogP contribution in [0.15, 0.2) is 129 Å². The number of benzene rings is 4. The van der Waals surface area contributed by atoms with Crippen LogP contribution in [-0.2, 0) is 17.9 Å². The number of anilines is 1. The van der Waals surface area contributed by atoms with Crippen molar-refractivity contribution in [2.45, 2.75) is 18.0 Å². The van der Waals surface area contributed by atoms with Gasteiger partial charge in [-0.1, -0.05) is 84.6 Å². The van der Waals surface area contributed by atoms with Crippen LogP contribution >= 0.6 is 23.5 Å². The van der Waals surface area contributed by atoms with Gasteiger partial charge in [-0.15, -0.1) is 0 Å². The molecule has 0 saturated carbocycles. The molecule has 0 spiro atoms. The molecule has 1 fully saturated rings. The Labute approximate surface area is 230 Å². The van der Waals surface area contributed by atoms with Crippen LogP contribution in [0, 0.1) is 0 Å². The number of hydrogen-bond donors (Lipinski definition) is 0. The molecule has 5 nitrogen and oxygen atoms in total. The van der Waals surface area contributed by atoms with Gasteiger partial charge in [0.25, 0.3) is 5.91 Å². The molecule has 1 saturated heterocycles. The Morgan fingerprint density at radius 2 is 1.42 bits per heavy atom. The van der Waals surface area contributed by atoms with E-state index < -0.39 is 0 Å². The number of nitrogens with zero attached hydrogens (tertiary/aromatic N) is 3. The smallest absolute Gasteiger partial charge is 0.269 e. The summed E-state index contributed by atoms with van der Waals surface area (Å²) in [5.41, 5.74) is 4.05. The van der Waals surface area contributed by atoms with Gasteiger partial charge in [-0.2, -0.15) is 0 Å². The number of rotatable bonds is 6. The van der Waals surface area contributed by atoms with E-state index in [4.69, 9.17) is 9.73 Å². The van der Waals surface area contributed by atoms with Crippen molar-refractivity contribution in [1.29, 1.82) is 0 Å². The minimum Gasteiger partial charge on any atom is -0.489 e. The van der Waals surface area contributed by atoms with E-state index in [1.807, 2.05) is 104 Å². The Bertz CT molecular complexity index is 1520. The van der Waals surface area contributed by atoms with Crippen LogP contribution in [0.5, 0.6) is 5.75 Å². The average Bonchev–Trinajstić information content (AvgIpc) is 3.45. The fourth-order valence-corrected chi connectivity index (χ4v) is 6.64. The summed E-state index contributed by atoms with van der Waals surface area (Å²) in [4.78, 5) is 24.4. The quantitative estimate of drug-likeness (QED) is 0.240. The van der Waals surface area contributed by atoms with Crippen LogP contribution in [0.25, 0.3) is 0 Å². The van der Waals surface area contributed by atoms with Gasteiger partial charge in [-0.05, 0) is 59.3 Å². The van der Waals surface area contributed by atoms with Gasteiger partial charge < -0.3 is 9.64 Å². The topological polar surface area (TPSA) is 45.1 Å². The van der Waals surface area contributed by atoms with Crippen LogP contribution in [0.2, 0.25) is 0 Å². The minimum atomic E-state index is -0.0254. The molecule has 4 aromatic rings. The molecule has 1 amide bonds. The monoisotopic (exact) mass is 535 g/mol. The standard InChI is InChI=1S/C31H25N3O2S2/c1-33-26-14-8-9-15-27(26)37-30(33)28-29(35)34(20-22-10-4-2-5-11-22)31(38-28)32-24-16-18-25(19-17-24)36-21-23-12-6-3-7-13-23/h2-19H,20-21H2,1H3/b30-28-,32-31?. The number of carbonyl (C=O) groups excluding carboxylic acids is 1. The average molecular weight is 536 g/mol. The number of amides is 1. The summed E-state index contributed by atoms with van der Waals surface area (Å²) in [6.07, 6.45) is 0. The predicted molar refractivity (Wildman–Crippen MR) is 157 cm³/mol. The summed E-state index contributed by atoms with van der Waals surface area (Å²) in [5, 5.41) is 1.61. The van der Waals surface area contributed by atoms with Gasteiger partial charge in [0.15, 0.2) is 5.17 Å². The van der Waals surface area contributed by atoms with Crippen molar-refractivity contribution in [3.63, 3.8) is 0 Å². The lowest BCUT2D eigenvalue weighted by Crippen LogP contribution is -2.29. The Morgan fingerprint density at radius 1 is 0.763 bits per heavy atom. The van der Waals surface area contributed by atoms with E-state index in [2.05, 4.69) is 17.0 Å². The summed E-state index contributed by atoms with van der Waals surface area (Å²) in [6.45, 7) is 0.969. The molecule has 2 heterocycles. The highest BCUT2D eigenvalue weighted by Gasteiger charge is 2.39. The van der Waals surface area contributed by atoms with Crippen molar-refractivity contribution in [3.8, 4) is 5.75 Å². The normalized spacial score (nSPS) is 17.8. The predicted octanol–water partition coefficient (Wildman–Crippen LogP) is 7.44. The highest BCUT2D eigenvalue weighted by atomic mass is 32.2. The van der Waals surface area contributed by atoms with Crippen LogP contribution in [0.1, 0.15) is 11.1 Å².